The predicted octanol–water partition coefficient (Wildman–Crippen LogP) is -4.05. The Bertz CT molecular complexity index is 872. The van der Waals surface area contributed by atoms with Crippen molar-refractivity contribution in [1.29, 1.82) is 5.41 Å². The molecular weight excluding hydrogens is 468 g/mol. The number of amidine groups is 1. The quantitative estimate of drug-likeness (QED) is 0.122. The van der Waals surface area contributed by atoms with Crippen molar-refractivity contribution in [3.63, 3.8) is 0 Å². The smallest absolute Gasteiger partial charge is 0.251 e. The van der Waals surface area contributed by atoms with Crippen LogP contribution in [0.2, 0.25) is 0 Å². The summed E-state index contributed by atoms with van der Waals surface area (Å²) in [6, 6.07) is 3.46. The number of aliphatic hydroxyl groups is 5. The maximum absolute atomic E-state index is 12.8. The van der Waals surface area contributed by atoms with Crippen LogP contribution in [0.5, 0.6) is 0 Å². The summed E-state index contributed by atoms with van der Waals surface area (Å²) in [6.45, 7) is -1.24. The summed E-state index contributed by atoms with van der Waals surface area (Å²) < 4.78 is 22.1. The minimum Gasteiger partial charge on any atom is -0.394 e. The first kappa shape index (κ1) is 27.3. The first-order valence-corrected chi connectivity index (χ1v) is 10.9. The fourth-order valence-electron chi connectivity index (χ4n) is 4.01. The van der Waals surface area contributed by atoms with Crippen LogP contribution in [0.1, 0.15) is 15.9 Å². The van der Waals surface area contributed by atoms with Gasteiger partial charge in [-0.15, -0.1) is 0 Å². The molecule has 0 aromatic heterocycles. The number of ether oxygens (including phenoxy) is 4. The molecule has 10 unspecified atom stereocenters. The first-order chi connectivity index (χ1) is 16.6. The van der Waals surface area contributed by atoms with E-state index in [-0.39, 0.29) is 11.4 Å². The van der Waals surface area contributed by atoms with Crippen LogP contribution in [0.25, 0.3) is 0 Å². The Morgan fingerprint density at radius 2 is 1.57 bits per heavy atom. The number of carbonyl (C=O) groups is 1. The molecule has 196 valence electrons. The van der Waals surface area contributed by atoms with Crippen LogP contribution in [-0.4, -0.2) is 119 Å². The molecule has 3 rings (SSSR count). The van der Waals surface area contributed by atoms with E-state index in [1.165, 1.54) is 31.4 Å². The van der Waals surface area contributed by atoms with Crippen molar-refractivity contribution >= 4 is 11.7 Å². The molecule has 0 spiro atoms. The molecule has 35 heavy (non-hydrogen) atoms. The summed E-state index contributed by atoms with van der Waals surface area (Å²) in [5.74, 6) is -0.757. The second-order valence-electron chi connectivity index (χ2n) is 8.33. The molecule has 14 nitrogen and oxygen atoms in total. The van der Waals surface area contributed by atoms with Crippen LogP contribution >= 0.6 is 0 Å². The zero-order chi connectivity index (χ0) is 25.9. The van der Waals surface area contributed by atoms with E-state index < -0.39 is 80.4 Å². The van der Waals surface area contributed by atoms with Crippen molar-refractivity contribution in [2.45, 2.75) is 61.3 Å². The zero-order valence-corrected chi connectivity index (χ0v) is 18.9. The molecule has 14 heteroatoms. The Morgan fingerprint density at radius 3 is 2.11 bits per heavy atom. The summed E-state index contributed by atoms with van der Waals surface area (Å²) in [5.41, 5.74) is 12.0. The Kier molecular flexibility index (Phi) is 9.11. The lowest BCUT2D eigenvalue weighted by molar-refractivity contribution is -0.327. The highest BCUT2D eigenvalue weighted by atomic mass is 16.7. The lowest BCUT2D eigenvalue weighted by atomic mass is 9.94. The summed E-state index contributed by atoms with van der Waals surface area (Å²) >= 11 is 0. The number of nitrogen functional groups attached to an aromatic ring is 1. The maximum atomic E-state index is 12.8. The van der Waals surface area contributed by atoms with Crippen LogP contribution in [-0.2, 0) is 18.9 Å². The van der Waals surface area contributed by atoms with E-state index in [0.29, 0.717) is 5.56 Å². The van der Waals surface area contributed by atoms with Crippen LogP contribution in [0, 0.1) is 5.41 Å². The van der Waals surface area contributed by atoms with Gasteiger partial charge in [0.15, 0.2) is 12.6 Å². The summed E-state index contributed by atoms with van der Waals surface area (Å²) in [4.78, 5) is 12.8. The van der Waals surface area contributed by atoms with Gasteiger partial charge in [-0.2, -0.15) is 0 Å². The molecule has 0 radical (unpaired) electrons. The number of benzene rings is 1. The lowest BCUT2D eigenvalue weighted by Crippen LogP contribution is -2.68. The normalized spacial score (nSPS) is 37.6. The van der Waals surface area contributed by atoms with Gasteiger partial charge in [-0.3, -0.25) is 10.2 Å². The van der Waals surface area contributed by atoms with E-state index in [1.54, 1.807) is 0 Å². The second-order valence-corrected chi connectivity index (χ2v) is 8.33. The highest BCUT2D eigenvalue weighted by Crippen LogP contribution is 2.29. The molecule has 0 bridgehead atoms. The van der Waals surface area contributed by atoms with Crippen LogP contribution < -0.4 is 16.8 Å². The van der Waals surface area contributed by atoms with Gasteiger partial charge in [0.1, 0.15) is 48.5 Å². The molecule has 1 amide bonds. The maximum Gasteiger partial charge on any atom is 0.251 e. The predicted molar refractivity (Wildman–Crippen MR) is 118 cm³/mol. The molecule has 2 fully saturated rings. The third-order valence-electron chi connectivity index (χ3n) is 6.06. The minimum absolute atomic E-state index is 0.160. The molecule has 1 aromatic rings. The number of carbonyl (C=O) groups excluding carboxylic acids is 1. The molecule has 2 aliphatic rings. The van der Waals surface area contributed by atoms with E-state index in [1.807, 2.05) is 0 Å². The van der Waals surface area contributed by atoms with E-state index >= 15 is 0 Å². The van der Waals surface area contributed by atoms with Gasteiger partial charge in [0, 0.05) is 18.2 Å². The molecule has 2 heterocycles. The number of rotatable bonds is 8. The van der Waals surface area contributed by atoms with Gasteiger partial charge < -0.3 is 61.3 Å². The third kappa shape index (κ3) is 5.78. The molecule has 2 aliphatic heterocycles. The van der Waals surface area contributed by atoms with E-state index in [4.69, 9.17) is 35.8 Å². The molecular formula is C21H32N4O10. The number of hydrogen-bond donors (Lipinski definition) is 9. The summed E-state index contributed by atoms with van der Waals surface area (Å²) in [5, 5.41) is 60.5. The Balaban J connectivity index is 1.78. The summed E-state index contributed by atoms with van der Waals surface area (Å²) in [7, 11) is 1.29. The molecule has 0 saturated carbocycles. The van der Waals surface area contributed by atoms with Crippen LogP contribution in [0.15, 0.2) is 24.3 Å². The van der Waals surface area contributed by atoms with Crippen molar-refractivity contribution in [3.05, 3.63) is 35.4 Å². The fraction of sp³-hybridized carbons (Fsp3) is 0.619. The third-order valence-corrected chi connectivity index (χ3v) is 6.06. The van der Waals surface area contributed by atoms with Gasteiger partial charge in [0.2, 0.25) is 0 Å². The van der Waals surface area contributed by atoms with Gasteiger partial charge in [-0.05, 0) is 12.1 Å². The lowest BCUT2D eigenvalue weighted by Gasteiger charge is -2.47. The number of amides is 1. The molecule has 10 atom stereocenters. The number of hydrogen-bond acceptors (Lipinski definition) is 12. The van der Waals surface area contributed by atoms with Gasteiger partial charge in [-0.25, -0.2) is 0 Å². The minimum atomic E-state index is -1.50. The molecule has 11 N–H and O–H groups in total. The average molecular weight is 501 g/mol. The second kappa shape index (κ2) is 11.7. The van der Waals surface area contributed by atoms with E-state index in [9.17, 15) is 30.3 Å². The Morgan fingerprint density at radius 1 is 1.00 bits per heavy atom. The van der Waals surface area contributed by atoms with Crippen molar-refractivity contribution in [2.24, 2.45) is 11.5 Å². The van der Waals surface area contributed by atoms with Gasteiger partial charge >= 0.3 is 0 Å². The van der Waals surface area contributed by atoms with E-state index in [2.05, 4.69) is 5.32 Å². The average Bonchev–Trinajstić information content (AvgIpc) is 2.86. The monoisotopic (exact) mass is 500 g/mol. The van der Waals surface area contributed by atoms with Crippen molar-refractivity contribution in [3.8, 4) is 0 Å². The Hall–Kier alpha value is -2.24. The molecule has 2 saturated heterocycles. The van der Waals surface area contributed by atoms with Crippen molar-refractivity contribution < 1.29 is 49.3 Å². The first-order valence-electron chi connectivity index (χ1n) is 10.9. The number of methoxy groups -OCH3 is 1. The Labute approximate surface area is 200 Å². The molecule has 0 aliphatic carbocycles. The van der Waals surface area contributed by atoms with E-state index in [0.717, 1.165) is 0 Å². The highest BCUT2D eigenvalue weighted by molar-refractivity contribution is 5.98. The topological polar surface area (TPSA) is 243 Å². The van der Waals surface area contributed by atoms with Gasteiger partial charge in [0.05, 0.1) is 19.3 Å². The van der Waals surface area contributed by atoms with Crippen molar-refractivity contribution in [1.82, 2.24) is 5.32 Å². The van der Waals surface area contributed by atoms with Crippen LogP contribution in [0.4, 0.5) is 0 Å². The van der Waals surface area contributed by atoms with Gasteiger partial charge in [-0.1, -0.05) is 12.1 Å². The summed E-state index contributed by atoms with van der Waals surface area (Å²) in [6.07, 6.45) is -10.7. The zero-order valence-electron chi connectivity index (χ0n) is 18.9. The van der Waals surface area contributed by atoms with Gasteiger partial charge in [0.25, 0.3) is 5.91 Å². The standard InChI is InChI=1S/C21H32N4O10/c1-32-21-13(25-19(31)9-4-2-8(3-5-9)18(23)24)16(30)17(11(7-27)34-21)35-20-12(22)15(29)14(28)10(6-26)33-20/h2-5,10-17,20-21,26-30H,6-7,22H2,1H3,(H3,23,24)(H,25,31). The highest BCUT2D eigenvalue weighted by Gasteiger charge is 2.50. The fourth-order valence-corrected chi connectivity index (χ4v) is 4.01. The number of nitrogens with one attached hydrogen (secondary N) is 2. The SMILES string of the molecule is COC1OC(CO)C(OC2OC(CO)C(O)C(O)C2N)C(O)C1NC(=O)c1ccc(C(=N)N)cc1. The number of nitrogens with two attached hydrogens (primary N) is 2. The van der Waals surface area contributed by atoms with Crippen molar-refractivity contribution in [2.75, 3.05) is 20.3 Å². The molecule has 1 aromatic carbocycles. The number of aliphatic hydroxyl groups excluding tert-OH is 5. The largest absolute Gasteiger partial charge is 0.394 e. The van der Waals surface area contributed by atoms with Crippen LogP contribution in [0.3, 0.4) is 0 Å².